The number of fused-ring (bicyclic) bond motifs is 3. The number of alkyl halides is 3. The summed E-state index contributed by atoms with van der Waals surface area (Å²) in [5, 5.41) is 20.9. The van der Waals surface area contributed by atoms with E-state index in [4.69, 9.17) is 21.5 Å². The second kappa shape index (κ2) is 16.4. The van der Waals surface area contributed by atoms with E-state index < -0.39 is 46.4 Å². The maximum Gasteiger partial charge on any atom is 0.417 e. The van der Waals surface area contributed by atoms with E-state index >= 15 is 4.39 Å². The Balaban J connectivity index is 0.826. The monoisotopic (exact) mass is 870 g/mol. The molecule has 1 unspecified atom stereocenters. The molecule has 4 amide bonds. The Hall–Kier alpha value is -6.49. The predicted molar refractivity (Wildman–Crippen MR) is 223 cm³/mol. The van der Waals surface area contributed by atoms with E-state index in [-0.39, 0.29) is 53.6 Å². The first-order chi connectivity index (χ1) is 29.5. The Labute approximate surface area is 356 Å². The van der Waals surface area contributed by atoms with Crippen LogP contribution in [0, 0.1) is 17.1 Å². The van der Waals surface area contributed by atoms with Crippen molar-refractivity contribution in [3.8, 4) is 11.8 Å². The van der Waals surface area contributed by atoms with Crippen molar-refractivity contribution in [2.75, 3.05) is 61.0 Å². The van der Waals surface area contributed by atoms with E-state index in [9.17, 15) is 37.6 Å². The quantitative estimate of drug-likeness (QED) is 0.0946. The standard InChI is InChI=1S/C43H38F4N8O6S/c1-42(2)40(59)54(27-6-3-25(22-48)31(20-27)43(45,46)47)41(62)55(42)28-7-11-33(32(44)21-28)60-18-17-52-13-15-53(16-14-52)23-36(57)49-26-5-8-29-24(19-26)4-10-34-37(29)38(51-61-34)30-9-12-35(56)50-39(30)58/h3-8,10-11,19-21,30H,9,12-18,23H2,1-2H3,(H,49,57)(H,50,56,58). The van der Waals surface area contributed by atoms with Gasteiger partial charge in [-0.1, -0.05) is 17.3 Å². The van der Waals surface area contributed by atoms with E-state index in [0.717, 1.165) is 27.8 Å². The van der Waals surface area contributed by atoms with Crippen LogP contribution in [0.2, 0.25) is 0 Å². The number of piperazine rings is 1. The average molecular weight is 871 g/mol. The van der Waals surface area contributed by atoms with Gasteiger partial charge in [-0.25, -0.2) is 4.39 Å². The molecule has 62 heavy (non-hydrogen) atoms. The zero-order chi connectivity index (χ0) is 44.1. The molecule has 3 fully saturated rings. The molecule has 3 aliphatic heterocycles. The number of carbonyl (C=O) groups excluding carboxylic acids is 4. The molecule has 0 bridgehead atoms. The van der Waals surface area contributed by atoms with Crippen LogP contribution in [0.3, 0.4) is 0 Å². The van der Waals surface area contributed by atoms with Gasteiger partial charge in [-0.3, -0.25) is 39.2 Å². The normalized spacial score (nSPS) is 18.7. The van der Waals surface area contributed by atoms with Crippen molar-refractivity contribution in [1.29, 1.82) is 5.26 Å². The number of anilines is 3. The van der Waals surface area contributed by atoms with Gasteiger partial charge in [-0.05, 0) is 91.8 Å². The van der Waals surface area contributed by atoms with Crippen LogP contribution >= 0.6 is 12.2 Å². The van der Waals surface area contributed by atoms with Crippen molar-refractivity contribution in [1.82, 2.24) is 20.3 Å². The number of piperidine rings is 1. The molecule has 0 saturated carbocycles. The minimum atomic E-state index is -4.85. The van der Waals surface area contributed by atoms with Crippen LogP contribution < -0.4 is 25.2 Å². The number of nitriles is 1. The highest BCUT2D eigenvalue weighted by Crippen LogP contribution is 2.41. The number of nitrogens with zero attached hydrogens (tertiary/aromatic N) is 6. The number of benzene rings is 4. The highest BCUT2D eigenvalue weighted by molar-refractivity contribution is 7.81. The summed E-state index contributed by atoms with van der Waals surface area (Å²) in [7, 11) is 0. The van der Waals surface area contributed by atoms with Gasteiger partial charge in [0, 0.05) is 56.6 Å². The molecule has 14 nitrogen and oxygen atoms in total. The van der Waals surface area contributed by atoms with E-state index in [1.807, 2.05) is 23.1 Å². The van der Waals surface area contributed by atoms with Crippen molar-refractivity contribution in [2.45, 2.75) is 44.3 Å². The van der Waals surface area contributed by atoms with Gasteiger partial charge in [0.15, 0.2) is 22.3 Å². The number of rotatable bonds is 10. The number of hydrogen-bond donors (Lipinski definition) is 2. The molecule has 0 aliphatic carbocycles. The first kappa shape index (κ1) is 42.2. The van der Waals surface area contributed by atoms with E-state index in [0.29, 0.717) is 67.6 Å². The minimum Gasteiger partial charge on any atom is -0.489 e. The van der Waals surface area contributed by atoms with E-state index in [2.05, 4.69) is 20.7 Å². The molecule has 1 aromatic heterocycles. The second-order valence-electron chi connectivity index (χ2n) is 15.7. The molecule has 2 N–H and O–H groups in total. The number of ether oxygens (including phenoxy) is 1. The number of aromatic nitrogens is 1. The number of carbonyl (C=O) groups is 4. The Morgan fingerprint density at radius 1 is 1.02 bits per heavy atom. The van der Waals surface area contributed by atoms with Gasteiger partial charge in [0.25, 0.3) is 5.91 Å². The molecule has 4 aromatic carbocycles. The number of amides is 4. The van der Waals surface area contributed by atoms with Crippen molar-refractivity contribution in [2.24, 2.45) is 0 Å². The van der Waals surface area contributed by atoms with Gasteiger partial charge in [0.05, 0.1) is 40.7 Å². The fraction of sp³-hybridized carbons (Fsp3) is 0.326. The third kappa shape index (κ3) is 8.03. The zero-order valence-corrected chi connectivity index (χ0v) is 34.2. The fourth-order valence-corrected chi connectivity index (χ4v) is 8.65. The van der Waals surface area contributed by atoms with Gasteiger partial charge in [0.1, 0.15) is 17.8 Å². The predicted octanol–water partition coefficient (Wildman–Crippen LogP) is 6.08. The number of nitrogens with one attached hydrogen (secondary N) is 2. The smallest absolute Gasteiger partial charge is 0.417 e. The largest absolute Gasteiger partial charge is 0.489 e. The third-order valence-electron chi connectivity index (χ3n) is 11.4. The first-order valence-electron chi connectivity index (χ1n) is 19.7. The lowest BCUT2D eigenvalue weighted by atomic mass is 9.91. The lowest BCUT2D eigenvalue weighted by Gasteiger charge is -2.34. The summed E-state index contributed by atoms with van der Waals surface area (Å²) in [6, 6.07) is 17.6. The molecule has 0 radical (unpaired) electrons. The summed E-state index contributed by atoms with van der Waals surface area (Å²) < 4.78 is 67.9. The maximum atomic E-state index is 15.5. The highest BCUT2D eigenvalue weighted by Gasteiger charge is 2.51. The summed E-state index contributed by atoms with van der Waals surface area (Å²) >= 11 is 5.56. The summed E-state index contributed by atoms with van der Waals surface area (Å²) in [6.45, 7) is 6.39. The number of halogens is 4. The van der Waals surface area contributed by atoms with Crippen LogP contribution in [0.1, 0.15) is 49.4 Å². The maximum absolute atomic E-state index is 15.5. The minimum absolute atomic E-state index is 0.0358. The van der Waals surface area contributed by atoms with Crippen LogP contribution in [0.25, 0.3) is 21.7 Å². The summed E-state index contributed by atoms with van der Waals surface area (Å²) in [4.78, 5) is 57.4. The van der Waals surface area contributed by atoms with Crippen molar-refractivity contribution in [3.63, 3.8) is 0 Å². The molecule has 8 rings (SSSR count). The van der Waals surface area contributed by atoms with E-state index in [1.165, 1.54) is 43.0 Å². The summed E-state index contributed by atoms with van der Waals surface area (Å²) in [6.07, 6.45) is -4.30. The van der Waals surface area contributed by atoms with Crippen LogP contribution in [-0.2, 0) is 25.4 Å². The van der Waals surface area contributed by atoms with Crippen molar-refractivity contribution < 1.29 is 46.0 Å². The Bertz CT molecular complexity index is 2710. The Kier molecular flexibility index (Phi) is 11.2. The first-order valence-corrected chi connectivity index (χ1v) is 20.1. The van der Waals surface area contributed by atoms with Crippen molar-refractivity contribution in [3.05, 3.63) is 89.4 Å². The van der Waals surface area contributed by atoms with E-state index in [1.54, 1.807) is 12.1 Å². The number of thiocarbonyl (C=S) groups is 1. The molecule has 4 heterocycles. The SMILES string of the molecule is CC1(C)C(=O)N(c2ccc(C#N)c(C(F)(F)F)c2)C(=S)N1c1ccc(OCCN2CCN(CC(=O)Nc3ccc4c(ccc5onc(C6CCC(=O)NC6=O)c54)c3)CC2)c(F)c1. The summed E-state index contributed by atoms with van der Waals surface area (Å²) in [5.41, 5.74) is -1.58. The average Bonchev–Trinajstić information content (AvgIpc) is 3.73. The fourth-order valence-electron chi connectivity index (χ4n) is 8.13. The zero-order valence-electron chi connectivity index (χ0n) is 33.3. The number of hydrogen-bond acceptors (Lipinski definition) is 11. The third-order valence-corrected chi connectivity index (χ3v) is 11.7. The Morgan fingerprint density at radius 3 is 2.47 bits per heavy atom. The topological polar surface area (TPSA) is 164 Å². The Morgan fingerprint density at radius 2 is 1.76 bits per heavy atom. The molecule has 19 heteroatoms. The van der Waals surface area contributed by atoms with Gasteiger partial charge in [-0.2, -0.15) is 18.4 Å². The molecule has 0 spiro atoms. The molecular weight excluding hydrogens is 833 g/mol. The highest BCUT2D eigenvalue weighted by atomic mass is 32.1. The van der Waals surface area contributed by atoms with Gasteiger partial charge in [-0.15, -0.1) is 0 Å². The molecule has 5 aromatic rings. The van der Waals surface area contributed by atoms with Crippen LogP contribution in [0.4, 0.5) is 34.6 Å². The lowest BCUT2D eigenvalue weighted by Crippen LogP contribution is -2.49. The molecule has 320 valence electrons. The van der Waals surface area contributed by atoms with Gasteiger partial charge < -0.3 is 19.5 Å². The van der Waals surface area contributed by atoms with Crippen molar-refractivity contribution >= 4 is 79.8 Å². The van der Waals surface area contributed by atoms with Gasteiger partial charge >= 0.3 is 6.18 Å². The number of imide groups is 1. The molecule has 3 saturated heterocycles. The van der Waals surface area contributed by atoms with Crippen LogP contribution in [0.15, 0.2) is 71.3 Å². The van der Waals surface area contributed by atoms with Crippen LogP contribution in [0.5, 0.6) is 5.75 Å². The van der Waals surface area contributed by atoms with Crippen LogP contribution in [-0.4, -0.2) is 95.1 Å². The molecule has 1 atom stereocenters. The molecule has 3 aliphatic rings. The molecular formula is C43H38F4N8O6S. The lowest BCUT2D eigenvalue weighted by molar-refractivity contribution is -0.138. The summed E-state index contributed by atoms with van der Waals surface area (Å²) in [5.74, 6) is -2.91. The van der Waals surface area contributed by atoms with Gasteiger partial charge in [0.2, 0.25) is 17.7 Å². The second-order valence-corrected chi connectivity index (χ2v) is 16.1.